The molecule has 0 atom stereocenters. The van der Waals surface area contributed by atoms with Gasteiger partial charge < -0.3 is 19.7 Å². The van der Waals surface area contributed by atoms with E-state index in [4.69, 9.17) is 19.7 Å². The molecule has 3 aromatic heterocycles. The second kappa shape index (κ2) is 6.48. The standard InChI is InChI=1S/C16H14N6O3S/c1-23-10-6-5-9(8-11(10)24-2)22-14(17)13(19-21-22)16-18-15(20-25-16)12-4-3-7-26-12/h3-8H,17H2,1-2H3. The summed E-state index contributed by atoms with van der Waals surface area (Å²) in [6, 6.07) is 9.12. The zero-order valence-electron chi connectivity index (χ0n) is 13.9. The molecule has 1 aromatic carbocycles. The van der Waals surface area contributed by atoms with Gasteiger partial charge in [-0.25, -0.2) is 0 Å². The van der Waals surface area contributed by atoms with Gasteiger partial charge >= 0.3 is 0 Å². The van der Waals surface area contributed by atoms with Gasteiger partial charge in [-0.15, -0.1) is 16.4 Å². The molecule has 0 spiro atoms. The number of ether oxygens (including phenoxy) is 2. The molecule has 2 N–H and O–H groups in total. The van der Waals surface area contributed by atoms with E-state index in [9.17, 15) is 0 Å². The molecule has 0 bridgehead atoms. The van der Waals surface area contributed by atoms with Crippen molar-refractivity contribution >= 4 is 17.2 Å². The van der Waals surface area contributed by atoms with Gasteiger partial charge in [0, 0.05) is 6.07 Å². The van der Waals surface area contributed by atoms with Crippen LogP contribution in [0, 0.1) is 0 Å². The Morgan fingerprint density at radius 2 is 2.00 bits per heavy atom. The summed E-state index contributed by atoms with van der Waals surface area (Å²) >= 11 is 1.52. The molecule has 26 heavy (non-hydrogen) atoms. The summed E-state index contributed by atoms with van der Waals surface area (Å²) in [4.78, 5) is 5.24. The van der Waals surface area contributed by atoms with Crippen molar-refractivity contribution < 1.29 is 14.0 Å². The van der Waals surface area contributed by atoms with Gasteiger partial charge in [-0.1, -0.05) is 16.4 Å². The predicted molar refractivity (Wildman–Crippen MR) is 95.5 cm³/mol. The van der Waals surface area contributed by atoms with Crippen LogP contribution in [0.2, 0.25) is 0 Å². The molecule has 0 amide bonds. The molecule has 10 heteroatoms. The number of nitrogen functional groups attached to an aromatic ring is 1. The molecular formula is C16H14N6O3S. The number of nitrogens with zero attached hydrogens (tertiary/aromatic N) is 5. The number of hydrogen-bond acceptors (Lipinski definition) is 9. The van der Waals surface area contributed by atoms with Crippen molar-refractivity contribution in [1.29, 1.82) is 0 Å². The lowest BCUT2D eigenvalue weighted by Gasteiger charge is -2.09. The van der Waals surface area contributed by atoms with E-state index in [0.717, 1.165) is 4.88 Å². The lowest BCUT2D eigenvalue weighted by atomic mass is 10.2. The summed E-state index contributed by atoms with van der Waals surface area (Å²) in [6.45, 7) is 0. The quantitative estimate of drug-likeness (QED) is 0.570. The Morgan fingerprint density at radius 3 is 2.73 bits per heavy atom. The number of benzene rings is 1. The molecule has 9 nitrogen and oxygen atoms in total. The van der Waals surface area contributed by atoms with Crippen molar-refractivity contribution in [1.82, 2.24) is 25.1 Å². The van der Waals surface area contributed by atoms with Crippen molar-refractivity contribution in [2.24, 2.45) is 0 Å². The summed E-state index contributed by atoms with van der Waals surface area (Å²) in [5.74, 6) is 2.12. The van der Waals surface area contributed by atoms with Crippen LogP contribution in [0.3, 0.4) is 0 Å². The van der Waals surface area contributed by atoms with E-state index in [1.165, 1.54) is 16.0 Å². The first-order chi connectivity index (χ1) is 12.7. The third kappa shape index (κ3) is 2.65. The first-order valence-electron chi connectivity index (χ1n) is 7.52. The van der Waals surface area contributed by atoms with Crippen LogP contribution in [0.1, 0.15) is 0 Å². The fourth-order valence-corrected chi connectivity index (χ4v) is 3.06. The minimum atomic E-state index is 0.206. The smallest absolute Gasteiger partial charge is 0.282 e. The maximum Gasteiger partial charge on any atom is 0.282 e. The maximum atomic E-state index is 6.20. The van der Waals surface area contributed by atoms with E-state index in [0.29, 0.717) is 28.7 Å². The molecule has 3 heterocycles. The largest absolute Gasteiger partial charge is 0.493 e. The molecule has 4 rings (SSSR count). The number of thiophene rings is 1. The van der Waals surface area contributed by atoms with E-state index in [1.54, 1.807) is 32.4 Å². The molecule has 0 aliphatic carbocycles. The number of hydrogen-bond donors (Lipinski definition) is 1. The molecular weight excluding hydrogens is 356 g/mol. The normalized spacial score (nSPS) is 10.8. The highest BCUT2D eigenvalue weighted by Gasteiger charge is 2.20. The van der Waals surface area contributed by atoms with Crippen molar-refractivity contribution in [3.63, 3.8) is 0 Å². The lowest BCUT2D eigenvalue weighted by molar-refractivity contribution is 0.354. The van der Waals surface area contributed by atoms with E-state index in [2.05, 4.69) is 20.5 Å². The molecule has 4 aromatic rings. The lowest BCUT2D eigenvalue weighted by Crippen LogP contribution is -2.03. The van der Waals surface area contributed by atoms with Crippen LogP contribution in [0.25, 0.3) is 28.0 Å². The molecule has 0 fully saturated rings. The Morgan fingerprint density at radius 1 is 1.15 bits per heavy atom. The Bertz CT molecular complexity index is 1040. The molecule has 132 valence electrons. The van der Waals surface area contributed by atoms with Crippen LogP contribution in [-0.4, -0.2) is 39.4 Å². The molecule has 0 aliphatic rings. The van der Waals surface area contributed by atoms with Crippen LogP contribution in [0.5, 0.6) is 11.5 Å². The van der Waals surface area contributed by atoms with Crippen LogP contribution in [0.4, 0.5) is 5.82 Å². The van der Waals surface area contributed by atoms with Crippen molar-refractivity contribution in [2.75, 3.05) is 20.0 Å². The first kappa shape index (κ1) is 16.1. The minimum Gasteiger partial charge on any atom is -0.493 e. The fraction of sp³-hybridized carbons (Fsp3) is 0.125. The Hall–Kier alpha value is -3.40. The van der Waals surface area contributed by atoms with E-state index >= 15 is 0 Å². The topological polar surface area (TPSA) is 114 Å². The Kier molecular flexibility index (Phi) is 4.01. The molecule has 0 radical (unpaired) electrons. The first-order valence-corrected chi connectivity index (χ1v) is 8.40. The monoisotopic (exact) mass is 370 g/mol. The maximum absolute atomic E-state index is 6.20. The van der Waals surface area contributed by atoms with Gasteiger partial charge in [0.05, 0.1) is 24.8 Å². The molecule has 0 aliphatic heterocycles. The SMILES string of the molecule is COc1ccc(-n2nnc(-c3nc(-c4cccs4)no3)c2N)cc1OC. The summed E-state index contributed by atoms with van der Waals surface area (Å²) in [7, 11) is 3.13. The fourth-order valence-electron chi connectivity index (χ4n) is 2.41. The van der Waals surface area contributed by atoms with Gasteiger partial charge in [0.15, 0.2) is 23.0 Å². The van der Waals surface area contributed by atoms with Crippen molar-refractivity contribution in [3.8, 4) is 39.5 Å². The molecule has 0 saturated heterocycles. The van der Waals surface area contributed by atoms with Crippen molar-refractivity contribution in [2.45, 2.75) is 0 Å². The van der Waals surface area contributed by atoms with Gasteiger partial charge in [-0.2, -0.15) is 9.67 Å². The zero-order valence-corrected chi connectivity index (χ0v) is 14.7. The second-order valence-electron chi connectivity index (χ2n) is 5.17. The zero-order chi connectivity index (χ0) is 18.1. The number of aromatic nitrogens is 5. The Balaban J connectivity index is 1.71. The number of methoxy groups -OCH3 is 2. The third-order valence-electron chi connectivity index (χ3n) is 3.69. The number of anilines is 1. The second-order valence-corrected chi connectivity index (χ2v) is 6.12. The average Bonchev–Trinajstić information content (AvgIpc) is 3.41. The number of rotatable bonds is 5. The van der Waals surface area contributed by atoms with Crippen LogP contribution < -0.4 is 15.2 Å². The molecule has 0 saturated carbocycles. The van der Waals surface area contributed by atoms with Crippen LogP contribution >= 0.6 is 11.3 Å². The van der Waals surface area contributed by atoms with Crippen LogP contribution in [0.15, 0.2) is 40.2 Å². The van der Waals surface area contributed by atoms with E-state index < -0.39 is 0 Å². The highest BCUT2D eigenvalue weighted by Crippen LogP contribution is 2.32. The van der Waals surface area contributed by atoms with Crippen LogP contribution in [-0.2, 0) is 0 Å². The highest BCUT2D eigenvalue weighted by atomic mass is 32.1. The van der Waals surface area contributed by atoms with Gasteiger partial charge in [0.1, 0.15) is 0 Å². The molecule has 0 unspecified atom stereocenters. The number of nitrogens with two attached hydrogens (primary N) is 1. The van der Waals surface area contributed by atoms with E-state index in [1.807, 2.05) is 17.5 Å². The summed E-state index contributed by atoms with van der Waals surface area (Å²) in [6.07, 6.45) is 0. The Labute approximate surface area is 152 Å². The van der Waals surface area contributed by atoms with Crippen molar-refractivity contribution in [3.05, 3.63) is 35.7 Å². The average molecular weight is 370 g/mol. The van der Waals surface area contributed by atoms with E-state index in [-0.39, 0.29) is 11.7 Å². The highest BCUT2D eigenvalue weighted by molar-refractivity contribution is 7.13. The van der Waals surface area contributed by atoms with Gasteiger partial charge in [-0.05, 0) is 23.6 Å². The third-order valence-corrected chi connectivity index (χ3v) is 4.55. The predicted octanol–water partition coefficient (Wildman–Crippen LogP) is 2.65. The summed E-state index contributed by atoms with van der Waals surface area (Å²) < 4.78 is 17.3. The minimum absolute atomic E-state index is 0.206. The van der Waals surface area contributed by atoms with Gasteiger partial charge in [0.2, 0.25) is 5.82 Å². The summed E-state index contributed by atoms with van der Waals surface area (Å²) in [5.41, 5.74) is 7.18. The summed E-state index contributed by atoms with van der Waals surface area (Å²) in [5, 5.41) is 14.1. The van der Waals surface area contributed by atoms with Gasteiger partial charge in [0.25, 0.3) is 5.89 Å². The van der Waals surface area contributed by atoms with Gasteiger partial charge in [-0.3, -0.25) is 0 Å².